The first-order chi connectivity index (χ1) is 14.1. The molecule has 2 aromatic rings. The molecule has 2 amide bonds. The minimum Gasteiger partial charge on any atom is -0.378 e. The molecule has 29 heavy (non-hydrogen) atoms. The average molecular weight is 413 g/mol. The Morgan fingerprint density at radius 3 is 2.69 bits per heavy atom. The quantitative estimate of drug-likeness (QED) is 0.815. The van der Waals surface area contributed by atoms with Crippen molar-refractivity contribution in [3.05, 3.63) is 56.8 Å². The lowest BCUT2D eigenvalue weighted by atomic mass is 9.87. The fourth-order valence-corrected chi connectivity index (χ4v) is 5.17. The Hall–Kier alpha value is -2.18. The second-order valence-corrected chi connectivity index (χ2v) is 9.00. The number of hydrogen-bond donors (Lipinski definition) is 1. The molecule has 0 radical (unpaired) electrons. The van der Waals surface area contributed by atoms with Crippen molar-refractivity contribution in [1.29, 1.82) is 0 Å². The minimum atomic E-state index is -0.00841. The van der Waals surface area contributed by atoms with Gasteiger partial charge < -0.3 is 15.0 Å². The molecule has 154 valence electrons. The van der Waals surface area contributed by atoms with Crippen LogP contribution in [-0.2, 0) is 24.1 Å². The lowest BCUT2D eigenvalue weighted by Gasteiger charge is -2.26. The fourth-order valence-electron chi connectivity index (χ4n) is 4.04. The van der Waals surface area contributed by atoms with E-state index in [0.29, 0.717) is 38.4 Å². The number of morpholine rings is 1. The van der Waals surface area contributed by atoms with Crippen molar-refractivity contribution in [2.75, 3.05) is 26.3 Å². The Morgan fingerprint density at radius 1 is 1.21 bits per heavy atom. The van der Waals surface area contributed by atoms with E-state index in [4.69, 9.17) is 4.74 Å². The predicted molar refractivity (Wildman–Crippen MR) is 114 cm³/mol. The number of carbonyl (C=O) groups is 2. The maximum atomic E-state index is 12.6. The first-order valence-corrected chi connectivity index (χ1v) is 11.3. The maximum absolute atomic E-state index is 12.6. The van der Waals surface area contributed by atoms with Gasteiger partial charge in [-0.2, -0.15) is 0 Å². The van der Waals surface area contributed by atoms with E-state index in [0.717, 1.165) is 29.2 Å². The van der Waals surface area contributed by atoms with Crippen LogP contribution in [0.3, 0.4) is 0 Å². The van der Waals surface area contributed by atoms with E-state index >= 15 is 0 Å². The lowest BCUT2D eigenvalue weighted by Crippen LogP contribution is -2.40. The zero-order valence-corrected chi connectivity index (χ0v) is 17.7. The first kappa shape index (κ1) is 20.1. The molecule has 1 N–H and O–H groups in total. The fraction of sp³-hybridized carbons (Fsp3) is 0.478. The SMILES string of the molecule is CC[C@H]1CCc2sc(C(=O)NCc3ccc(C(=O)N4CCOCC4)cc3)cc2C1. The van der Waals surface area contributed by atoms with E-state index in [1.807, 2.05) is 29.2 Å². The van der Waals surface area contributed by atoms with Gasteiger partial charge in [0.1, 0.15) is 0 Å². The molecular weight excluding hydrogens is 384 g/mol. The molecule has 0 bridgehead atoms. The van der Waals surface area contributed by atoms with Crippen LogP contribution in [0.15, 0.2) is 30.3 Å². The maximum Gasteiger partial charge on any atom is 0.261 e. The van der Waals surface area contributed by atoms with Crippen LogP contribution in [0.1, 0.15) is 55.8 Å². The summed E-state index contributed by atoms with van der Waals surface area (Å²) in [5.74, 6) is 0.788. The third kappa shape index (κ3) is 4.70. The minimum absolute atomic E-state index is 0.00841. The largest absolute Gasteiger partial charge is 0.378 e. The Labute approximate surface area is 176 Å². The molecule has 5 nitrogen and oxygen atoms in total. The molecule has 6 heteroatoms. The van der Waals surface area contributed by atoms with Crippen LogP contribution in [0.25, 0.3) is 0 Å². The van der Waals surface area contributed by atoms with Gasteiger partial charge in [-0.3, -0.25) is 9.59 Å². The van der Waals surface area contributed by atoms with Crippen molar-refractivity contribution < 1.29 is 14.3 Å². The molecule has 1 aromatic carbocycles. The number of nitrogens with zero attached hydrogens (tertiary/aromatic N) is 1. The highest BCUT2D eigenvalue weighted by Crippen LogP contribution is 2.33. The van der Waals surface area contributed by atoms with Crippen LogP contribution in [0.5, 0.6) is 0 Å². The van der Waals surface area contributed by atoms with Gasteiger partial charge in [0.05, 0.1) is 18.1 Å². The van der Waals surface area contributed by atoms with E-state index < -0.39 is 0 Å². The van der Waals surface area contributed by atoms with Crippen molar-refractivity contribution in [2.24, 2.45) is 5.92 Å². The summed E-state index contributed by atoms with van der Waals surface area (Å²) in [5.41, 5.74) is 3.03. The summed E-state index contributed by atoms with van der Waals surface area (Å²) in [4.78, 5) is 29.1. The standard InChI is InChI=1S/C23H28N2O3S/c1-2-16-5-8-20-19(13-16)14-21(29-20)22(26)24-15-17-3-6-18(7-4-17)23(27)25-9-11-28-12-10-25/h3-4,6-7,14,16H,2,5,8-13,15H2,1H3,(H,24,26)/t16-/m0/s1. The van der Waals surface area contributed by atoms with Crippen molar-refractivity contribution in [3.63, 3.8) is 0 Å². The summed E-state index contributed by atoms with van der Waals surface area (Å²) in [6.07, 6.45) is 4.65. The summed E-state index contributed by atoms with van der Waals surface area (Å²) in [6.45, 7) is 5.18. The van der Waals surface area contributed by atoms with Gasteiger partial charge in [-0.15, -0.1) is 11.3 Å². The van der Waals surface area contributed by atoms with E-state index in [2.05, 4.69) is 18.3 Å². The molecular formula is C23H28N2O3S. The van der Waals surface area contributed by atoms with Gasteiger partial charge >= 0.3 is 0 Å². The average Bonchev–Trinajstić information content (AvgIpc) is 3.21. The molecule has 4 rings (SSSR count). The second kappa shape index (κ2) is 9.09. The van der Waals surface area contributed by atoms with Gasteiger partial charge in [-0.05, 0) is 54.5 Å². The third-order valence-corrected chi connectivity index (χ3v) is 7.17. The Kier molecular flexibility index (Phi) is 6.31. The van der Waals surface area contributed by atoms with Crippen LogP contribution >= 0.6 is 11.3 Å². The van der Waals surface area contributed by atoms with E-state index in [1.165, 1.54) is 23.3 Å². The number of carbonyl (C=O) groups excluding carboxylic acids is 2. The van der Waals surface area contributed by atoms with Crippen LogP contribution in [0.4, 0.5) is 0 Å². The highest BCUT2D eigenvalue weighted by molar-refractivity contribution is 7.14. The normalized spacial score (nSPS) is 18.9. The highest BCUT2D eigenvalue weighted by atomic mass is 32.1. The predicted octanol–water partition coefficient (Wildman–Crippen LogP) is 3.67. The molecule has 1 aliphatic carbocycles. The molecule has 1 fully saturated rings. The molecule has 1 atom stereocenters. The number of amides is 2. The number of aryl methyl sites for hydroxylation is 1. The lowest BCUT2D eigenvalue weighted by molar-refractivity contribution is 0.0303. The van der Waals surface area contributed by atoms with Gasteiger partial charge in [0.2, 0.25) is 0 Å². The van der Waals surface area contributed by atoms with E-state index in [-0.39, 0.29) is 11.8 Å². The number of ether oxygens (including phenoxy) is 1. The molecule has 1 aliphatic heterocycles. The third-order valence-electron chi connectivity index (χ3n) is 5.94. The van der Waals surface area contributed by atoms with Crippen molar-refractivity contribution in [2.45, 2.75) is 39.2 Å². The first-order valence-electron chi connectivity index (χ1n) is 10.5. The van der Waals surface area contributed by atoms with Gasteiger partial charge in [0.15, 0.2) is 0 Å². The number of rotatable bonds is 5. The molecule has 0 saturated carbocycles. The van der Waals surface area contributed by atoms with Gasteiger partial charge in [-0.25, -0.2) is 0 Å². The van der Waals surface area contributed by atoms with Crippen molar-refractivity contribution in [1.82, 2.24) is 10.2 Å². The topological polar surface area (TPSA) is 58.6 Å². The van der Waals surface area contributed by atoms with Crippen molar-refractivity contribution in [3.8, 4) is 0 Å². The summed E-state index contributed by atoms with van der Waals surface area (Å²) >= 11 is 1.64. The summed E-state index contributed by atoms with van der Waals surface area (Å²) in [6, 6.07) is 9.60. The number of fused-ring (bicyclic) bond motifs is 1. The molecule has 0 spiro atoms. The highest BCUT2D eigenvalue weighted by Gasteiger charge is 2.22. The summed E-state index contributed by atoms with van der Waals surface area (Å²) in [7, 11) is 0. The van der Waals surface area contributed by atoms with Crippen LogP contribution in [0, 0.1) is 5.92 Å². The zero-order chi connectivity index (χ0) is 20.2. The van der Waals surface area contributed by atoms with Crippen LogP contribution < -0.4 is 5.32 Å². The molecule has 1 aromatic heterocycles. The van der Waals surface area contributed by atoms with Crippen molar-refractivity contribution >= 4 is 23.2 Å². The molecule has 1 saturated heterocycles. The summed E-state index contributed by atoms with van der Waals surface area (Å²) < 4.78 is 5.30. The van der Waals surface area contributed by atoms with Gasteiger partial charge in [-0.1, -0.05) is 25.5 Å². The van der Waals surface area contributed by atoms with Crippen LogP contribution in [0.2, 0.25) is 0 Å². The number of thiophene rings is 1. The Bertz CT molecular complexity index is 869. The number of hydrogen-bond acceptors (Lipinski definition) is 4. The van der Waals surface area contributed by atoms with E-state index in [1.54, 1.807) is 11.3 Å². The number of benzene rings is 1. The zero-order valence-electron chi connectivity index (χ0n) is 16.9. The van der Waals surface area contributed by atoms with Gasteiger partial charge in [0, 0.05) is 30.1 Å². The summed E-state index contributed by atoms with van der Waals surface area (Å²) in [5, 5.41) is 3.02. The van der Waals surface area contributed by atoms with Gasteiger partial charge in [0.25, 0.3) is 11.8 Å². The Morgan fingerprint density at radius 2 is 1.97 bits per heavy atom. The molecule has 2 aliphatic rings. The van der Waals surface area contributed by atoms with E-state index in [9.17, 15) is 9.59 Å². The molecule has 2 heterocycles. The van der Waals surface area contributed by atoms with Crippen LogP contribution in [-0.4, -0.2) is 43.0 Å². The second-order valence-electron chi connectivity index (χ2n) is 7.86. The Balaban J connectivity index is 1.33. The smallest absolute Gasteiger partial charge is 0.261 e. The monoisotopic (exact) mass is 412 g/mol. The molecule has 0 unspecified atom stereocenters. The number of nitrogens with one attached hydrogen (secondary N) is 1.